The van der Waals surface area contributed by atoms with Gasteiger partial charge in [0.15, 0.2) is 5.65 Å². The number of fused-ring (bicyclic) bond motifs is 1. The van der Waals surface area contributed by atoms with Crippen molar-refractivity contribution in [1.29, 1.82) is 0 Å². The molecule has 0 bridgehead atoms. The number of hydrogen-bond donors (Lipinski definition) is 1. The normalized spacial score (nSPS) is 16.9. The van der Waals surface area contributed by atoms with Gasteiger partial charge in [-0.2, -0.15) is 26.3 Å². The van der Waals surface area contributed by atoms with Crippen LogP contribution in [0.4, 0.5) is 37.8 Å². The fourth-order valence-corrected chi connectivity index (χ4v) is 5.75. The zero-order valence-electron chi connectivity index (χ0n) is 23.3. The van der Waals surface area contributed by atoms with Gasteiger partial charge in [0.25, 0.3) is 5.91 Å². The third kappa shape index (κ3) is 6.16. The second kappa shape index (κ2) is 11.6. The maximum absolute atomic E-state index is 13.7. The number of hydrogen-bond acceptors (Lipinski definition) is 7. The molecule has 0 atom stereocenters. The standard InChI is InChI=1S/C30H27F6N7O/c31-29(32,33)18-7-9-19(10-8-18)38-25-21-11-12-23(24-22(30(34,35)36)6-3-13-37-24)39-26(21)41-27(40-25)28(44)43-16-14-42(15-17-43)20-4-1-2-5-20/h3,6-13,20H,1-2,4-5,14-17H2,(H,38,39,40,41). The summed E-state index contributed by atoms with van der Waals surface area (Å²) in [4.78, 5) is 34.6. The predicted molar refractivity (Wildman–Crippen MR) is 150 cm³/mol. The molecule has 4 aromatic rings. The molecule has 1 saturated heterocycles. The second-order valence-electron chi connectivity index (χ2n) is 10.8. The van der Waals surface area contributed by atoms with Gasteiger partial charge in [0.2, 0.25) is 5.82 Å². The average molecular weight is 616 g/mol. The molecule has 1 amide bonds. The Balaban J connectivity index is 1.36. The van der Waals surface area contributed by atoms with Gasteiger partial charge in [-0.3, -0.25) is 14.7 Å². The fourth-order valence-electron chi connectivity index (χ4n) is 5.75. The molecular formula is C30H27F6N7O. The molecule has 44 heavy (non-hydrogen) atoms. The van der Waals surface area contributed by atoms with Crippen molar-refractivity contribution in [3.8, 4) is 11.4 Å². The first-order chi connectivity index (χ1) is 21.0. The molecule has 0 spiro atoms. The van der Waals surface area contributed by atoms with E-state index in [1.54, 1.807) is 4.90 Å². The van der Waals surface area contributed by atoms with E-state index in [0.29, 0.717) is 32.2 Å². The molecule has 6 rings (SSSR count). The lowest BCUT2D eigenvalue weighted by molar-refractivity contribution is -0.138. The minimum atomic E-state index is -4.69. The predicted octanol–water partition coefficient (Wildman–Crippen LogP) is 6.57. The molecule has 3 aromatic heterocycles. The smallest absolute Gasteiger partial charge is 0.340 e. The Morgan fingerprint density at radius 3 is 2.18 bits per heavy atom. The van der Waals surface area contributed by atoms with Gasteiger partial charge in [-0.25, -0.2) is 15.0 Å². The Bertz CT molecular complexity index is 1660. The second-order valence-corrected chi connectivity index (χ2v) is 10.8. The molecule has 1 aromatic carbocycles. The average Bonchev–Trinajstić information content (AvgIpc) is 3.55. The molecule has 2 fully saturated rings. The highest BCUT2D eigenvalue weighted by atomic mass is 19.4. The Morgan fingerprint density at radius 2 is 1.52 bits per heavy atom. The zero-order chi connectivity index (χ0) is 31.1. The Kier molecular flexibility index (Phi) is 7.86. The van der Waals surface area contributed by atoms with Crippen molar-refractivity contribution in [2.75, 3.05) is 31.5 Å². The minimum Gasteiger partial charge on any atom is -0.340 e. The number of nitrogens with zero attached hydrogens (tertiary/aromatic N) is 6. The van der Waals surface area contributed by atoms with Crippen LogP contribution in [0.25, 0.3) is 22.4 Å². The van der Waals surface area contributed by atoms with E-state index in [0.717, 1.165) is 31.0 Å². The van der Waals surface area contributed by atoms with Crippen LogP contribution in [-0.2, 0) is 12.4 Å². The van der Waals surface area contributed by atoms with Crippen LogP contribution in [0.1, 0.15) is 47.4 Å². The minimum absolute atomic E-state index is 0.0683. The van der Waals surface area contributed by atoms with Gasteiger partial charge in [-0.15, -0.1) is 0 Å². The summed E-state index contributed by atoms with van der Waals surface area (Å²) in [5.41, 5.74) is -2.18. The highest BCUT2D eigenvalue weighted by molar-refractivity contribution is 5.96. The first kappa shape index (κ1) is 29.7. The third-order valence-electron chi connectivity index (χ3n) is 8.02. The number of nitrogens with one attached hydrogen (secondary N) is 1. The van der Waals surface area contributed by atoms with Gasteiger partial charge in [-0.05, 0) is 61.4 Å². The van der Waals surface area contributed by atoms with Crippen LogP contribution in [0.3, 0.4) is 0 Å². The molecule has 1 N–H and O–H groups in total. The zero-order valence-corrected chi connectivity index (χ0v) is 23.3. The lowest BCUT2D eigenvalue weighted by Crippen LogP contribution is -2.51. The van der Waals surface area contributed by atoms with Crippen LogP contribution < -0.4 is 5.32 Å². The van der Waals surface area contributed by atoms with Gasteiger partial charge in [-0.1, -0.05) is 12.8 Å². The molecular weight excluding hydrogens is 588 g/mol. The quantitative estimate of drug-likeness (QED) is 0.254. The number of amides is 1. The summed E-state index contributed by atoms with van der Waals surface area (Å²) in [5, 5.41) is 3.18. The van der Waals surface area contributed by atoms with E-state index in [2.05, 4.69) is 30.2 Å². The summed E-state index contributed by atoms with van der Waals surface area (Å²) >= 11 is 0. The number of carbonyl (C=O) groups excluding carboxylic acids is 1. The summed E-state index contributed by atoms with van der Waals surface area (Å²) in [6.45, 7) is 2.30. The van der Waals surface area contributed by atoms with Crippen molar-refractivity contribution >= 4 is 28.4 Å². The molecule has 1 aliphatic heterocycles. The number of halogens is 6. The number of alkyl halides is 6. The van der Waals surface area contributed by atoms with E-state index in [1.165, 1.54) is 49.4 Å². The van der Waals surface area contributed by atoms with Crippen LogP contribution in [0.5, 0.6) is 0 Å². The lowest BCUT2D eigenvalue weighted by Gasteiger charge is -2.37. The summed E-state index contributed by atoms with van der Waals surface area (Å²) in [6.07, 6.45) is -3.33. The summed E-state index contributed by atoms with van der Waals surface area (Å²) < 4.78 is 80.5. The van der Waals surface area contributed by atoms with Crippen molar-refractivity contribution in [3.05, 3.63) is 71.7 Å². The van der Waals surface area contributed by atoms with E-state index in [1.807, 2.05) is 0 Å². The monoisotopic (exact) mass is 615 g/mol. The van der Waals surface area contributed by atoms with E-state index in [-0.39, 0.29) is 34.1 Å². The SMILES string of the molecule is O=C(c1nc(Nc2ccc(C(F)(F)F)cc2)c2ccc(-c3ncccc3C(F)(F)F)nc2n1)N1CCN(C2CCCC2)CC1. The number of anilines is 2. The van der Waals surface area contributed by atoms with Crippen molar-refractivity contribution in [1.82, 2.24) is 29.7 Å². The summed E-state index contributed by atoms with van der Waals surface area (Å²) in [5.74, 6) is -0.642. The van der Waals surface area contributed by atoms with Gasteiger partial charge in [0.05, 0.1) is 22.2 Å². The Labute approximate surface area is 248 Å². The van der Waals surface area contributed by atoms with Crippen LogP contribution in [-0.4, -0.2) is 67.9 Å². The molecule has 1 saturated carbocycles. The van der Waals surface area contributed by atoms with Crippen molar-refractivity contribution in [2.45, 2.75) is 44.1 Å². The van der Waals surface area contributed by atoms with E-state index in [9.17, 15) is 31.1 Å². The molecule has 4 heterocycles. The van der Waals surface area contributed by atoms with Crippen molar-refractivity contribution in [2.24, 2.45) is 0 Å². The number of carbonyl (C=O) groups is 1. The van der Waals surface area contributed by atoms with Crippen LogP contribution >= 0.6 is 0 Å². The first-order valence-corrected chi connectivity index (χ1v) is 14.2. The number of rotatable bonds is 5. The van der Waals surface area contributed by atoms with Gasteiger partial charge < -0.3 is 10.2 Å². The molecule has 2 aliphatic rings. The molecule has 1 aliphatic carbocycles. The molecule has 0 radical (unpaired) electrons. The third-order valence-corrected chi connectivity index (χ3v) is 8.02. The van der Waals surface area contributed by atoms with Gasteiger partial charge in [0, 0.05) is 44.1 Å². The van der Waals surface area contributed by atoms with Crippen molar-refractivity contribution in [3.63, 3.8) is 0 Å². The Hall–Kier alpha value is -4.33. The summed E-state index contributed by atoms with van der Waals surface area (Å²) in [6, 6.07) is 9.57. The molecule has 8 nitrogen and oxygen atoms in total. The lowest BCUT2D eigenvalue weighted by atomic mass is 10.1. The van der Waals surface area contributed by atoms with Crippen LogP contribution in [0, 0.1) is 0 Å². The molecule has 0 unspecified atom stereocenters. The number of piperazine rings is 1. The highest BCUT2D eigenvalue weighted by Gasteiger charge is 2.35. The Morgan fingerprint density at radius 1 is 0.818 bits per heavy atom. The number of pyridine rings is 2. The topological polar surface area (TPSA) is 87.1 Å². The van der Waals surface area contributed by atoms with E-state index < -0.39 is 35.1 Å². The number of aromatic nitrogens is 4. The molecule has 14 heteroatoms. The highest BCUT2D eigenvalue weighted by Crippen LogP contribution is 2.36. The van der Waals surface area contributed by atoms with E-state index in [4.69, 9.17) is 0 Å². The largest absolute Gasteiger partial charge is 0.418 e. The maximum Gasteiger partial charge on any atom is 0.418 e. The first-order valence-electron chi connectivity index (χ1n) is 14.2. The van der Waals surface area contributed by atoms with Gasteiger partial charge in [0.1, 0.15) is 11.5 Å². The van der Waals surface area contributed by atoms with E-state index >= 15 is 0 Å². The maximum atomic E-state index is 13.7. The summed E-state index contributed by atoms with van der Waals surface area (Å²) in [7, 11) is 0. The van der Waals surface area contributed by atoms with Crippen LogP contribution in [0.15, 0.2) is 54.7 Å². The van der Waals surface area contributed by atoms with Crippen molar-refractivity contribution < 1.29 is 31.1 Å². The number of benzene rings is 1. The van der Waals surface area contributed by atoms with Gasteiger partial charge >= 0.3 is 12.4 Å². The van der Waals surface area contributed by atoms with Crippen LogP contribution in [0.2, 0.25) is 0 Å². The fraction of sp³-hybridized carbons (Fsp3) is 0.367. The molecule has 230 valence electrons.